The van der Waals surface area contributed by atoms with Gasteiger partial charge in [-0.05, 0) is 89.3 Å². The molecule has 0 fully saturated rings. The molecule has 0 unspecified atom stereocenters. The number of ether oxygens (including phenoxy) is 3. The highest BCUT2D eigenvalue weighted by Gasteiger charge is 2.27. The first-order valence-electron chi connectivity index (χ1n) is 13.0. The number of hydrogen-bond donors (Lipinski definition) is 0. The molecule has 5 heteroatoms. The van der Waals surface area contributed by atoms with E-state index in [0.717, 1.165) is 28.9 Å². The number of carbonyl (C=O) groups is 1. The molecule has 0 bridgehead atoms. The van der Waals surface area contributed by atoms with E-state index in [0.29, 0.717) is 32.1 Å². The number of hydrogen-bond acceptors (Lipinski definition) is 4. The molecule has 196 valence electrons. The van der Waals surface area contributed by atoms with Crippen molar-refractivity contribution in [2.24, 2.45) is 0 Å². The molecule has 1 aliphatic heterocycles. The summed E-state index contributed by atoms with van der Waals surface area (Å²) in [7, 11) is 0. The van der Waals surface area contributed by atoms with Crippen LogP contribution in [0.2, 0.25) is 0 Å². The van der Waals surface area contributed by atoms with Gasteiger partial charge in [0.05, 0.1) is 0 Å². The highest BCUT2D eigenvalue weighted by Crippen LogP contribution is 2.35. The first kappa shape index (κ1) is 26.6. The Balaban J connectivity index is 1.59. The summed E-state index contributed by atoms with van der Waals surface area (Å²) >= 11 is 0. The summed E-state index contributed by atoms with van der Waals surface area (Å²) in [6.07, 6.45) is 0.456. The van der Waals surface area contributed by atoms with Crippen LogP contribution in [-0.2, 0) is 30.9 Å². The highest BCUT2D eigenvalue weighted by molar-refractivity contribution is 5.69. The van der Waals surface area contributed by atoms with Gasteiger partial charge in [0, 0.05) is 13.1 Å². The average Bonchev–Trinajstić information content (AvgIpc) is 2.78. The Hall–Kier alpha value is -3.47. The molecule has 0 spiro atoms. The van der Waals surface area contributed by atoms with Crippen LogP contribution in [-0.4, -0.2) is 23.1 Å². The van der Waals surface area contributed by atoms with Crippen LogP contribution in [0.3, 0.4) is 0 Å². The van der Waals surface area contributed by atoms with Crippen molar-refractivity contribution in [3.05, 3.63) is 93.0 Å². The SMILES string of the molecule is Cc1cc(C)cc(COc2cc3c(cc2OCc2cc(C)cc(C)c2)CN(C(=O)OC(C)(C)C)CC3)c1. The number of benzene rings is 3. The Morgan fingerprint density at radius 2 is 1.19 bits per heavy atom. The van der Waals surface area contributed by atoms with Crippen molar-refractivity contribution < 1.29 is 19.0 Å². The predicted octanol–water partition coefficient (Wildman–Crippen LogP) is 7.37. The summed E-state index contributed by atoms with van der Waals surface area (Å²) in [5.74, 6) is 1.42. The van der Waals surface area contributed by atoms with Gasteiger partial charge in [-0.1, -0.05) is 58.7 Å². The average molecular weight is 502 g/mol. The van der Waals surface area contributed by atoms with Gasteiger partial charge in [0.2, 0.25) is 0 Å². The molecule has 0 radical (unpaired) electrons. The molecule has 0 saturated carbocycles. The van der Waals surface area contributed by atoms with Crippen LogP contribution in [0.15, 0.2) is 48.5 Å². The molecule has 1 amide bonds. The van der Waals surface area contributed by atoms with Crippen molar-refractivity contribution in [3.63, 3.8) is 0 Å². The lowest BCUT2D eigenvalue weighted by atomic mass is 9.99. The van der Waals surface area contributed by atoms with Crippen LogP contribution in [0.5, 0.6) is 11.5 Å². The lowest BCUT2D eigenvalue weighted by Crippen LogP contribution is -2.39. The largest absolute Gasteiger partial charge is 0.485 e. The zero-order valence-corrected chi connectivity index (χ0v) is 23.2. The Kier molecular flexibility index (Phi) is 7.82. The highest BCUT2D eigenvalue weighted by atomic mass is 16.6. The van der Waals surface area contributed by atoms with Crippen LogP contribution in [0.1, 0.15) is 65.3 Å². The van der Waals surface area contributed by atoms with Crippen molar-refractivity contribution in [1.29, 1.82) is 0 Å². The summed E-state index contributed by atoms with van der Waals surface area (Å²) in [5.41, 5.74) is 8.82. The lowest BCUT2D eigenvalue weighted by Gasteiger charge is -2.31. The normalized spacial score (nSPS) is 13.2. The summed E-state index contributed by atoms with van der Waals surface area (Å²) in [6, 6.07) is 17.0. The van der Waals surface area contributed by atoms with E-state index in [1.807, 2.05) is 26.8 Å². The zero-order valence-electron chi connectivity index (χ0n) is 23.2. The number of amides is 1. The fraction of sp³-hybridized carbons (Fsp3) is 0.406. The van der Waals surface area contributed by atoms with Gasteiger partial charge in [-0.2, -0.15) is 0 Å². The van der Waals surface area contributed by atoms with Gasteiger partial charge < -0.3 is 19.1 Å². The molecule has 0 saturated heterocycles. The van der Waals surface area contributed by atoms with Gasteiger partial charge in [-0.15, -0.1) is 0 Å². The molecule has 1 aliphatic rings. The lowest BCUT2D eigenvalue weighted by molar-refractivity contribution is 0.0223. The monoisotopic (exact) mass is 501 g/mol. The summed E-state index contributed by atoms with van der Waals surface area (Å²) in [5, 5.41) is 0. The van der Waals surface area contributed by atoms with Crippen molar-refractivity contribution in [2.75, 3.05) is 6.54 Å². The van der Waals surface area contributed by atoms with Crippen LogP contribution >= 0.6 is 0 Å². The molecular formula is C32H39NO4. The van der Waals surface area contributed by atoms with Gasteiger partial charge in [0.25, 0.3) is 0 Å². The van der Waals surface area contributed by atoms with Crippen LogP contribution in [0, 0.1) is 27.7 Å². The Morgan fingerprint density at radius 3 is 1.65 bits per heavy atom. The fourth-order valence-electron chi connectivity index (χ4n) is 4.90. The molecule has 0 atom stereocenters. The first-order chi connectivity index (χ1) is 17.4. The van der Waals surface area contributed by atoms with Gasteiger partial charge in [-0.3, -0.25) is 0 Å². The smallest absolute Gasteiger partial charge is 0.410 e. The van der Waals surface area contributed by atoms with Gasteiger partial charge in [-0.25, -0.2) is 4.79 Å². The van der Waals surface area contributed by atoms with Crippen molar-refractivity contribution in [1.82, 2.24) is 4.90 Å². The van der Waals surface area contributed by atoms with Gasteiger partial charge in [0.1, 0.15) is 18.8 Å². The van der Waals surface area contributed by atoms with E-state index >= 15 is 0 Å². The standard InChI is InChI=1S/C32H39NO4/c1-21-10-22(2)13-25(12-21)19-35-29-16-27-8-9-33(31(34)37-32(5,6)7)18-28(27)17-30(29)36-20-26-14-23(3)11-24(4)15-26/h10-17H,8-9,18-20H2,1-7H3. The molecule has 3 aromatic rings. The molecule has 0 aromatic heterocycles. The second-order valence-corrected chi connectivity index (χ2v) is 11.3. The van der Waals surface area contributed by atoms with E-state index < -0.39 is 5.60 Å². The minimum atomic E-state index is -0.524. The second kappa shape index (κ2) is 10.9. The second-order valence-electron chi connectivity index (χ2n) is 11.3. The third kappa shape index (κ3) is 7.28. The van der Waals surface area contributed by atoms with Crippen molar-refractivity contribution in [3.8, 4) is 11.5 Å². The number of aryl methyl sites for hydroxylation is 4. The molecule has 37 heavy (non-hydrogen) atoms. The maximum Gasteiger partial charge on any atom is 0.410 e. The molecule has 4 rings (SSSR count). The van der Waals surface area contributed by atoms with E-state index in [4.69, 9.17) is 14.2 Å². The quantitative estimate of drug-likeness (QED) is 0.354. The Morgan fingerprint density at radius 1 is 0.730 bits per heavy atom. The van der Waals surface area contributed by atoms with Crippen LogP contribution in [0.4, 0.5) is 4.79 Å². The molecule has 1 heterocycles. The summed E-state index contributed by atoms with van der Waals surface area (Å²) in [6.45, 7) is 16.1. The van der Waals surface area contributed by atoms with Gasteiger partial charge in [0.15, 0.2) is 11.5 Å². The van der Waals surface area contributed by atoms with E-state index in [1.54, 1.807) is 4.90 Å². The maximum absolute atomic E-state index is 12.7. The van der Waals surface area contributed by atoms with Gasteiger partial charge >= 0.3 is 6.09 Å². The van der Waals surface area contributed by atoms with Crippen molar-refractivity contribution in [2.45, 2.75) is 80.2 Å². The molecular weight excluding hydrogens is 462 g/mol. The third-order valence-electron chi connectivity index (χ3n) is 6.28. The molecule has 3 aromatic carbocycles. The number of carbonyl (C=O) groups excluding carboxylic acids is 1. The molecule has 0 aliphatic carbocycles. The molecule has 0 N–H and O–H groups in total. The summed E-state index contributed by atoms with van der Waals surface area (Å²) < 4.78 is 18.3. The van der Waals surface area contributed by atoms with E-state index in [9.17, 15) is 4.79 Å². The third-order valence-corrected chi connectivity index (χ3v) is 6.28. The van der Waals surface area contributed by atoms with Crippen LogP contribution in [0.25, 0.3) is 0 Å². The van der Waals surface area contributed by atoms with E-state index in [1.165, 1.54) is 27.8 Å². The first-order valence-corrected chi connectivity index (χ1v) is 13.0. The minimum Gasteiger partial charge on any atom is -0.485 e. The Bertz CT molecular complexity index is 1250. The van der Waals surface area contributed by atoms with Crippen LogP contribution < -0.4 is 9.47 Å². The zero-order chi connectivity index (χ0) is 26.7. The maximum atomic E-state index is 12.7. The fourth-order valence-corrected chi connectivity index (χ4v) is 4.90. The number of rotatable bonds is 6. The number of fused-ring (bicyclic) bond motifs is 1. The van der Waals surface area contributed by atoms with Crippen molar-refractivity contribution >= 4 is 6.09 Å². The minimum absolute atomic E-state index is 0.286. The molecule has 5 nitrogen and oxygen atoms in total. The van der Waals surface area contributed by atoms with E-state index in [-0.39, 0.29) is 6.09 Å². The topological polar surface area (TPSA) is 48.0 Å². The number of nitrogens with zero attached hydrogens (tertiary/aromatic N) is 1. The van der Waals surface area contributed by atoms with E-state index in [2.05, 4.69) is 70.2 Å². The predicted molar refractivity (Wildman–Crippen MR) is 147 cm³/mol. The Labute approximate surface area is 221 Å². The summed E-state index contributed by atoms with van der Waals surface area (Å²) in [4.78, 5) is 14.5.